The van der Waals surface area contributed by atoms with Gasteiger partial charge in [-0.05, 0) is 37.5 Å². The molecule has 1 fully saturated rings. The van der Waals surface area contributed by atoms with Crippen molar-refractivity contribution >= 4 is 5.69 Å². The van der Waals surface area contributed by atoms with Gasteiger partial charge in [0.05, 0.1) is 0 Å². The van der Waals surface area contributed by atoms with Gasteiger partial charge in [0.2, 0.25) is 0 Å². The third-order valence-electron chi connectivity index (χ3n) is 2.98. The van der Waals surface area contributed by atoms with Crippen LogP contribution in [0.25, 0.3) is 0 Å². The van der Waals surface area contributed by atoms with Crippen molar-refractivity contribution in [3.05, 3.63) is 29.6 Å². The van der Waals surface area contributed by atoms with Crippen molar-refractivity contribution in [2.24, 2.45) is 5.73 Å². The van der Waals surface area contributed by atoms with Gasteiger partial charge in [-0.25, -0.2) is 4.39 Å². The van der Waals surface area contributed by atoms with E-state index in [-0.39, 0.29) is 11.9 Å². The molecule has 1 aromatic carbocycles. The van der Waals surface area contributed by atoms with E-state index in [1.165, 1.54) is 0 Å². The molecule has 2 nitrogen and oxygen atoms in total. The fourth-order valence-electron chi connectivity index (χ4n) is 2.02. The van der Waals surface area contributed by atoms with Gasteiger partial charge in [-0.2, -0.15) is 0 Å². The van der Waals surface area contributed by atoms with Crippen molar-refractivity contribution in [2.75, 3.05) is 18.0 Å². The van der Waals surface area contributed by atoms with Crippen molar-refractivity contribution in [3.63, 3.8) is 0 Å². The maximum atomic E-state index is 13.4. The van der Waals surface area contributed by atoms with E-state index >= 15 is 0 Å². The van der Waals surface area contributed by atoms with Crippen LogP contribution in [0.4, 0.5) is 10.1 Å². The average molecular weight is 208 g/mol. The first-order valence-corrected chi connectivity index (χ1v) is 5.43. The lowest BCUT2D eigenvalue weighted by Gasteiger charge is -2.32. The summed E-state index contributed by atoms with van der Waals surface area (Å²) in [6, 6.07) is 5.62. The zero-order valence-electron chi connectivity index (χ0n) is 9.04. The van der Waals surface area contributed by atoms with Gasteiger partial charge in [-0.3, -0.25) is 0 Å². The minimum atomic E-state index is -0.133. The molecule has 1 unspecified atom stereocenters. The maximum absolute atomic E-state index is 13.4. The maximum Gasteiger partial charge on any atom is 0.128 e. The molecule has 82 valence electrons. The van der Waals surface area contributed by atoms with Crippen molar-refractivity contribution in [1.29, 1.82) is 0 Å². The van der Waals surface area contributed by atoms with E-state index in [0.717, 1.165) is 31.6 Å². The SMILES string of the molecule is Cc1ccc(N2CCCC(N)C2)cc1F. The molecular weight excluding hydrogens is 191 g/mol. The largest absolute Gasteiger partial charge is 0.370 e. The number of anilines is 1. The molecule has 0 aromatic heterocycles. The first-order valence-electron chi connectivity index (χ1n) is 5.43. The van der Waals surface area contributed by atoms with Gasteiger partial charge in [0.1, 0.15) is 5.82 Å². The minimum Gasteiger partial charge on any atom is -0.370 e. The molecule has 1 atom stereocenters. The molecule has 0 bridgehead atoms. The van der Waals surface area contributed by atoms with Crippen molar-refractivity contribution < 1.29 is 4.39 Å². The van der Waals surface area contributed by atoms with Gasteiger partial charge < -0.3 is 10.6 Å². The molecule has 2 N–H and O–H groups in total. The summed E-state index contributed by atoms with van der Waals surface area (Å²) in [6.07, 6.45) is 2.17. The molecule has 1 heterocycles. The predicted octanol–water partition coefficient (Wildman–Crippen LogP) is 2.06. The zero-order chi connectivity index (χ0) is 10.8. The van der Waals surface area contributed by atoms with E-state index in [2.05, 4.69) is 4.90 Å². The van der Waals surface area contributed by atoms with Crippen LogP contribution >= 0.6 is 0 Å². The van der Waals surface area contributed by atoms with E-state index in [0.29, 0.717) is 5.56 Å². The van der Waals surface area contributed by atoms with Crippen LogP contribution < -0.4 is 10.6 Å². The number of halogens is 1. The Hall–Kier alpha value is -1.09. The standard InChI is InChI=1S/C12H17FN2/c1-9-4-5-11(7-12(9)13)15-6-2-3-10(14)8-15/h4-5,7,10H,2-3,6,8,14H2,1H3. The van der Waals surface area contributed by atoms with Gasteiger partial charge in [0.15, 0.2) is 0 Å². The van der Waals surface area contributed by atoms with Crippen molar-refractivity contribution in [1.82, 2.24) is 0 Å². The van der Waals surface area contributed by atoms with Gasteiger partial charge >= 0.3 is 0 Å². The number of nitrogens with two attached hydrogens (primary N) is 1. The lowest BCUT2D eigenvalue weighted by Crippen LogP contribution is -2.42. The average Bonchev–Trinajstić information content (AvgIpc) is 2.22. The molecule has 1 aromatic rings. The van der Waals surface area contributed by atoms with E-state index in [9.17, 15) is 4.39 Å². The smallest absolute Gasteiger partial charge is 0.128 e. The highest BCUT2D eigenvalue weighted by molar-refractivity contribution is 5.48. The molecule has 0 aliphatic carbocycles. The Labute approximate surface area is 89.9 Å². The van der Waals surface area contributed by atoms with Crippen LogP contribution in [0.1, 0.15) is 18.4 Å². The molecule has 0 saturated carbocycles. The van der Waals surface area contributed by atoms with Crippen molar-refractivity contribution in [3.8, 4) is 0 Å². The lowest BCUT2D eigenvalue weighted by atomic mass is 10.1. The second kappa shape index (κ2) is 4.19. The van der Waals surface area contributed by atoms with Crippen LogP contribution in [-0.4, -0.2) is 19.1 Å². The minimum absolute atomic E-state index is 0.133. The molecule has 0 amide bonds. The highest BCUT2D eigenvalue weighted by Gasteiger charge is 2.17. The topological polar surface area (TPSA) is 29.3 Å². The summed E-state index contributed by atoms with van der Waals surface area (Å²) in [4.78, 5) is 2.16. The third kappa shape index (κ3) is 2.29. The lowest BCUT2D eigenvalue weighted by molar-refractivity contribution is 0.505. The van der Waals surface area contributed by atoms with Crippen LogP contribution in [0, 0.1) is 12.7 Å². The van der Waals surface area contributed by atoms with Crippen LogP contribution in [0.3, 0.4) is 0 Å². The third-order valence-corrected chi connectivity index (χ3v) is 2.98. The Morgan fingerprint density at radius 3 is 2.93 bits per heavy atom. The van der Waals surface area contributed by atoms with Crippen LogP contribution in [0.2, 0.25) is 0 Å². The second-order valence-electron chi connectivity index (χ2n) is 4.28. The number of aryl methyl sites for hydroxylation is 1. The Morgan fingerprint density at radius 2 is 2.27 bits per heavy atom. The molecular formula is C12H17FN2. The number of hydrogen-bond donors (Lipinski definition) is 1. The van der Waals surface area contributed by atoms with E-state index < -0.39 is 0 Å². The summed E-state index contributed by atoms with van der Waals surface area (Å²) in [6.45, 7) is 3.60. The number of rotatable bonds is 1. The molecule has 1 aliphatic heterocycles. The first kappa shape index (κ1) is 10.4. The number of nitrogens with zero attached hydrogens (tertiary/aromatic N) is 1. The van der Waals surface area contributed by atoms with Gasteiger partial charge in [-0.1, -0.05) is 6.07 Å². The number of piperidine rings is 1. The Bertz CT molecular complexity index is 351. The number of benzene rings is 1. The summed E-state index contributed by atoms with van der Waals surface area (Å²) in [7, 11) is 0. The molecule has 1 aliphatic rings. The van der Waals surface area contributed by atoms with E-state index in [1.54, 1.807) is 13.0 Å². The zero-order valence-corrected chi connectivity index (χ0v) is 9.04. The summed E-state index contributed by atoms with van der Waals surface area (Å²) >= 11 is 0. The molecule has 2 rings (SSSR count). The highest BCUT2D eigenvalue weighted by Crippen LogP contribution is 2.21. The Balaban J connectivity index is 2.18. The summed E-state index contributed by atoms with van der Waals surface area (Å²) in [5, 5.41) is 0. The molecule has 3 heteroatoms. The second-order valence-corrected chi connectivity index (χ2v) is 4.28. The normalized spacial score (nSPS) is 21.8. The monoisotopic (exact) mass is 208 g/mol. The van der Waals surface area contributed by atoms with Gasteiger partial charge in [-0.15, -0.1) is 0 Å². The van der Waals surface area contributed by atoms with Crippen molar-refractivity contribution in [2.45, 2.75) is 25.8 Å². The Morgan fingerprint density at radius 1 is 1.47 bits per heavy atom. The molecule has 1 saturated heterocycles. The summed E-state index contributed by atoms with van der Waals surface area (Å²) < 4.78 is 13.4. The highest BCUT2D eigenvalue weighted by atomic mass is 19.1. The quantitative estimate of drug-likeness (QED) is 0.765. The van der Waals surface area contributed by atoms with E-state index in [1.807, 2.05) is 12.1 Å². The number of hydrogen-bond acceptors (Lipinski definition) is 2. The summed E-state index contributed by atoms with van der Waals surface area (Å²) in [5.74, 6) is -0.133. The van der Waals surface area contributed by atoms with Crippen LogP contribution in [0.5, 0.6) is 0 Å². The first-order chi connectivity index (χ1) is 7.16. The van der Waals surface area contributed by atoms with Crippen LogP contribution in [-0.2, 0) is 0 Å². The molecule has 0 radical (unpaired) electrons. The summed E-state index contributed by atoms with van der Waals surface area (Å²) in [5.41, 5.74) is 7.54. The van der Waals surface area contributed by atoms with Crippen LogP contribution in [0.15, 0.2) is 18.2 Å². The Kier molecular flexibility index (Phi) is 2.91. The van der Waals surface area contributed by atoms with E-state index in [4.69, 9.17) is 5.73 Å². The predicted molar refractivity (Wildman–Crippen MR) is 60.6 cm³/mol. The van der Waals surface area contributed by atoms with Gasteiger partial charge in [0, 0.05) is 24.8 Å². The fraction of sp³-hybridized carbons (Fsp3) is 0.500. The molecule has 0 spiro atoms. The molecule has 15 heavy (non-hydrogen) atoms. The fourth-order valence-corrected chi connectivity index (χ4v) is 2.02. The van der Waals surface area contributed by atoms with Gasteiger partial charge in [0.25, 0.3) is 0 Å².